The van der Waals surface area contributed by atoms with Crippen molar-refractivity contribution in [3.63, 3.8) is 0 Å². The zero-order chi connectivity index (χ0) is 12.6. The maximum atomic E-state index is 11.3. The number of amides is 2. The first-order valence-corrected chi connectivity index (χ1v) is 5.75. The van der Waals surface area contributed by atoms with Crippen LogP contribution in [-0.2, 0) is 4.79 Å². The zero-order valence-electron chi connectivity index (χ0n) is 10.2. The van der Waals surface area contributed by atoms with Crippen molar-refractivity contribution < 1.29 is 14.7 Å². The summed E-state index contributed by atoms with van der Waals surface area (Å²) >= 11 is 0. The first kappa shape index (κ1) is 14.7. The first-order valence-electron chi connectivity index (χ1n) is 5.75. The van der Waals surface area contributed by atoms with E-state index in [1.165, 1.54) is 0 Å². The van der Waals surface area contributed by atoms with Crippen molar-refractivity contribution in [2.75, 3.05) is 13.1 Å². The molecule has 1 atom stereocenters. The molecule has 0 aliphatic carbocycles. The number of carbonyl (C=O) groups is 2. The molecule has 5 heteroatoms. The van der Waals surface area contributed by atoms with Crippen molar-refractivity contribution in [1.82, 2.24) is 10.6 Å². The molecule has 0 aromatic carbocycles. The fourth-order valence-corrected chi connectivity index (χ4v) is 1.21. The summed E-state index contributed by atoms with van der Waals surface area (Å²) in [6, 6.07) is -0.292. The average Bonchev–Trinajstić information content (AvgIpc) is 2.27. The summed E-state index contributed by atoms with van der Waals surface area (Å²) in [5.74, 6) is -0.971. The highest BCUT2D eigenvalue weighted by Gasteiger charge is 2.12. The molecule has 0 aromatic heterocycles. The number of nitrogens with one attached hydrogen (secondary N) is 2. The van der Waals surface area contributed by atoms with Crippen molar-refractivity contribution in [3.8, 4) is 0 Å². The molecule has 0 saturated carbocycles. The van der Waals surface area contributed by atoms with Crippen LogP contribution in [0.15, 0.2) is 0 Å². The molecule has 94 valence electrons. The van der Waals surface area contributed by atoms with E-state index in [-0.39, 0.29) is 12.6 Å². The normalized spacial score (nSPS) is 12.2. The standard InChI is InChI=1S/C11H22N2O3/c1-4-9(5-2)7-13-11(16)12-6-8(3)10(14)15/h8-9H,4-7H2,1-3H3,(H,14,15)(H2,12,13,16). The molecular formula is C11H22N2O3. The molecule has 0 heterocycles. The highest BCUT2D eigenvalue weighted by molar-refractivity contribution is 5.75. The van der Waals surface area contributed by atoms with Crippen LogP contribution in [0.25, 0.3) is 0 Å². The largest absolute Gasteiger partial charge is 0.481 e. The van der Waals surface area contributed by atoms with Crippen LogP contribution in [0.4, 0.5) is 4.79 Å². The Kier molecular flexibility index (Phi) is 7.33. The molecule has 2 amide bonds. The Bertz CT molecular complexity index is 227. The Morgan fingerprint density at radius 3 is 2.06 bits per heavy atom. The quantitative estimate of drug-likeness (QED) is 0.619. The van der Waals surface area contributed by atoms with Gasteiger partial charge in [-0.2, -0.15) is 0 Å². The number of aliphatic carboxylic acids is 1. The van der Waals surface area contributed by atoms with E-state index in [2.05, 4.69) is 24.5 Å². The van der Waals surface area contributed by atoms with Crippen LogP contribution in [0.2, 0.25) is 0 Å². The van der Waals surface area contributed by atoms with E-state index in [1.807, 2.05) is 0 Å². The van der Waals surface area contributed by atoms with E-state index >= 15 is 0 Å². The van der Waals surface area contributed by atoms with Crippen LogP contribution < -0.4 is 10.6 Å². The lowest BCUT2D eigenvalue weighted by molar-refractivity contribution is -0.140. The van der Waals surface area contributed by atoms with Gasteiger partial charge in [0, 0.05) is 13.1 Å². The van der Waals surface area contributed by atoms with Crippen LogP contribution in [0, 0.1) is 11.8 Å². The molecule has 0 rings (SSSR count). The minimum absolute atomic E-state index is 0.157. The van der Waals surface area contributed by atoms with E-state index in [0.717, 1.165) is 12.8 Å². The van der Waals surface area contributed by atoms with Gasteiger partial charge in [-0.25, -0.2) is 4.79 Å². The Balaban J connectivity index is 3.70. The van der Waals surface area contributed by atoms with Gasteiger partial charge in [-0.1, -0.05) is 33.6 Å². The van der Waals surface area contributed by atoms with Crippen molar-refractivity contribution in [3.05, 3.63) is 0 Å². The summed E-state index contributed by atoms with van der Waals surface area (Å²) in [6.45, 7) is 6.52. The molecule has 0 aliphatic rings. The number of hydrogen-bond donors (Lipinski definition) is 3. The van der Waals surface area contributed by atoms with E-state index in [9.17, 15) is 9.59 Å². The molecule has 0 fully saturated rings. The Labute approximate surface area is 96.6 Å². The van der Waals surface area contributed by atoms with Crippen LogP contribution in [-0.4, -0.2) is 30.2 Å². The molecule has 0 spiro atoms. The Morgan fingerprint density at radius 2 is 1.62 bits per heavy atom. The molecular weight excluding hydrogens is 208 g/mol. The first-order chi connectivity index (χ1) is 7.51. The van der Waals surface area contributed by atoms with Crippen LogP contribution >= 0.6 is 0 Å². The number of carboxylic acids is 1. The van der Waals surface area contributed by atoms with Gasteiger partial charge in [0.25, 0.3) is 0 Å². The van der Waals surface area contributed by atoms with E-state index in [1.54, 1.807) is 6.92 Å². The maximum Gasteiger partial charge on any atom is 0.314 e. The molecule has 0 radical (unpaired) electrons. The van der Waals surface area contributed by atoms with Gasteiger partial charge in [0.15, 0.2) is 0 Å². The number of urea groups is 1. The van der Waals surface area contributed by atoms with E-state index in [4.69, 9.17) is 5.11 Å². The fourth-order valence-electron chi connectivity index (χ4n) is 1.21. The van der Waals surface area contributed by atoms with Gasteiger partial charge in [-0.05, 0) is 5.92 Å². The van der Waals surface area contributed by atoms with Gasteiger partial charge >= 0.3 is 12.0 Å². The minimum atomic E-state index is -0.903. The molecule has 1 unspecified atom stereocenters. The Morgan fingerprint density at radius 1 is 1.12 bits per heavy atom. The van der Waals surface area contributed by atoms with Crippen molar-refractivity contribution in [1.29, 1.82) is 0 Å². The highest BCUT2D eigenvalue weighted by atomic mass is 16.4. The summed E-state index contributed by atoms with van der Waals surface area (Å²) < 4.78 is 0. The van der Waals surface area contributed by atoms with E-state index in [0.29, 0.717) is 12.5 Å². The minimum Gasteiger partial charge on any atom is -0.481 e. The van der Waals surface area contributed by atoms with Crippen molar-refractivity contribution >= 4 is 12.0 Å². The third-order valence-corrected chi connectivity index (χ3v) is 2.70. The smallest absolute Gasteiger partial charge is 0.314 e. The van der Waals surface area contributed by atoms with Gasteiger partial charge in [0.1, 0.15) is 0 Å². The number of hydrogen-bond acceptors (Lipinski definition) is 2. The third-order valence-electron chi connectivity index (χ3n) is 2.70. The van der Waals surface area contributed by atoms with Crippen molar-refractivity contribution in [2.24, 2.45) is 11.8 Å². The fraction of sp³-hybridized carbons (Fsp3) is 0.818. The predicted octanol–water partition coefficient (Wildman–Crippen LogP) is 1.44. The lowest BCUT2D eigenvalue weighted by Crippen LogP contribution is -2.41. The topological polar surface area (TPSA) is 78.4 Å². The summed E-state index contributed by atoms with van der Waals surface area (Å²) in [5.41, 5.74) is 0. The molecule has 3 N–H and O–H groups in total. The third kappa shape index (κ3) is 6.27. The van der Waals surface area contributed by atoms with Gasteiger partial charge in [0.2, 0.25) is 0 Å². The average molecular weight is 230 g/mol. The van der Waals surface area contributed by atoms with Gasteiger partial charge in [-0.3, -0.25) is 4.79 Å². The summed E-state index contributed by atoms with van der Waals surface area (Å²) in [5, 5.41) is 13.9. The number of carboxylic acid groups (broad SMARTS) is 1. The number of carbonyl (C=O) groups excluding carboxylic acids is 1. The summed E-state index contributed by atoms with van der Waals surface area (Å²) in [7, 11) is 0. The molecule has 0 saturated heterocycles. The van der Waals surface area contributed by atoms with Gasteiger partial charge in [0.05, 0.1) is 5.92 Å². The van der Waals surface area contributed by atoms with Gasteiger partial charge in [-0.15, -0.1) is 0 Å². The second-order valence-corrected chi connectivity index (χ2v) is 4.01. The molecule has 0 aromatic rings. The predicted molar refractivity (Wildman–Crippen MR) is 62.3 cm³/mol. The van der Waals surface area contributed by atoms with Gasteiger partial charge < -0.3 is 15.7 Å². The lowest BCUT2D eigenvalue weighted by atomic mass is 10.0. The van der Waals surface area contributed by atoms with Crippen LogP contribution in [0.5, 0.6) is 0 Å². The lowest BCUT2D eigenvalue weighted by Gasteiger charge is -2.14. The second-order valence-electron chi connectivity index (χ2n) is 4.01. The monoisotopic (exact) mass is 230 g/mol. The number of rotatable bonds is 7. The SMILES string of the molecule is CCC(CC)CNC(=O)NCC(C)C(=O)O. The zero-order valence-corrected chi connectivity index (χ0v) is 10.2. The van der Waals surface area contributed by atoms with E-state index < -0.39 is 11.9 Å². The molecule has 0 aliphatic heterocycles. The molecule has 5 nitrogen and oxygen atoms in total. The van der Waals surface area contributed by atoms with Crippen molar-refractivity contribution in [2.45, 2.75) is 33.6 Å². The van der Waals surface area contributed by atoms with Crippen LogP contribution in [0.1, 0.15) is 33.6 Å². The Hall–Kier alpha value is -1.26. The van der Waals surface area contributed by atoms with Crippen LogP contribution in [0.3, 0.4) is 0 Å². The maximum absolute atomic E-state index is 11.3. The highest BCUT2D eigenvalue weighted by Crippen LogP contribution is 2.04. The second kappa shape index (κ2) is 7.96. The summed E-state index contributed by atoms with van der Waals surface area (Å²) in [4.78, 5) is 21.8. The molecule has 16 heavy (non-hydrogen) atoms. The molecule has 0 bridgehead atoms. The summed E-state index contributed by atoms with van der Waals surface area (Å²) in [6.07, 6.45) is 2.06.